The van der Waals surface area contributed by atoms with Crippen LogP contribution in [-0.4, -0.2) is 24.7 Å². The number of aliphatic hydroxyl groups excluding tert-OH is 1. The monoisotopic (exact) mass is 252 g/mol. The summed E-state index contributed by atoms with van der Waals surface area (Å²) in [6.45, 7) is 0. The van der Waals surface area contributed by atoms with Crippen molar-refractivity contribution in [2.75, 3.05) is 14.2 Å². The average Bonchev–Trinajstić information content (AvgIpc) is 2.26. The van der Waals surface area contributed by atoms with Gasteiger partial charge >= 0.3 is 5.38 Å². The Labute approximate surface area is 96.5 Å². The SMILES string of the molecule is COc1cc(OC)cc(C(O)C(F)(F)Cl)c1. The molecule has 0 aliphatic rings. The van der Waals surface area contributed by atoms with Crippen LogP contribution < -0.4 is 9.47 Å². The third-order valence-corrected chi connectivity index (χ3v) is 2.21. The first-order valence-electron chi connectivity index (χ1n) is 4.36. The van der Waals surface area contributed by atoms with Crippen LogP contribution in [0.2, 0.25) is 0 Å². The van der Waals surface area contributed by atoms with Crippen LogP contribution in [0.1, 0.15) is 11.7 Å². The molecule has 0 radical (unpaired) electrons. The zero-order chi connectivity index (χ0) is 12.3. The highest BCUT2D eigenvalue weighted by atomic mass is 35.5. The number of hydrogen-bond acceptors (Lipinski definition) is 3. The Balaban J connectivity index is 3.13. The minimum Gasteiger partial charge on any atom is -0.497 e. The molecule has 90 valence electrons. The maximum absolute atomic E-state index is 12.7. The van der Waals surface area contributed by atoms with Crippen LogP contribution in [-0.2, 0) is 0 Å². The summed E-state index contributed by atoms with van der Waals surface area (Å²) in [6.07, 6.45) is -2.11. The first-order valence-corrected chi connectivity index (χ1v) is 4.74. The van der Waals surface area contributed by atoms with Gasteiger partial charge in [0.15, 0.2) is 6.10 Å². The van der Waals surface area contributed by atoms with E-state index in [9.17, 15) is 13.9 Å². The maximum Gasteiger partial charge on any atom is 0.351 e. The Hall–Kier alpha value is -1.07. The highest BCUT2D eigenvalue weighted by Crippen LogP contribution is 2.37. The van der Waals surface area contributed by atoms with Crippen LogP contribution in [0.25, 0.3) is 0 Å². The molecule has 0 aliphatic carbocycles. The van der Waals surface area contributed by atoms with Gasteiger partial charge in [0.1, 0.15) is 11.5 Å². The predicted octanol–water partition coefficient (Wildman–Crippen LogP) is 2.57. The van der Waals surface area contributed by atoms with Crippen molar-refractivity contribution < 1.29 is 23.4 Å². The minimum absolute atomic E-state index is 0.0730. The number of ether oxygens (including phenoxy) is 2. The van der Waals surface area contributed by atoms with E-state index in [1.165, 1.54) is 32.4 Å². The molecule has 6 heteroatoms. The van der Waals surface area contributed by atoms with E-state index in [-0.39, 0.29) is 5.56 Å². The highest BCUT2D eigenvalue weighted by Gasteiger charge is 2.37. The van der Waals surface area contributed by atoms with E-state index in [1.807, 2.05) is 0 Å². The zero-order valence-corrected chi connectivity index (χ0v) is 9.46. The summed E-state index contributed by atoms with van der Waals surface area (Å²) in [4.78, 5) is 0. The Kier molecular flexibility index (Phi) is 3.93. The van der Waals surface area contributed by atoms with Crippen molar-refractivity contribution in [2.45, 2.75) is 11.5 Å². The fourth-order valence-corrected chi connectivity index (χ4v) is 1.30. The van der Waals surface area contributed by atoms with E-state index >= 15 is 0 Å². The van der Waals surface area contributed by atoms with E-state index in [1.54, 1.807) is 0 Å². The summed E-state index contributed by atoms with van der Waals surface area (Å²) >= 11 is 4.74. The second kappa shape index (κ2) is 4.84. The van der Waals surface area contributed by atoms with Crippen molar-refractivity contribution in [1.82, 2.24) is 0 Å². The molecule has 1 rings (SSSR count). The molecule has 0 spiro atoms. The Morgan fingerprint density at radius 2 is 1.62 bits per heavy atom. The van der Waals surface area contributed by atoms with Gasteiger partial charge in [-0.25, -0.2) is 0 Å². The van der Waals surface area contributed by atoms with E-state index < -0.39 is 11.5 Å². The second-order valence-electron chi connectivity index (χ2n) is 3.09. The van der Waals surface area contributed by atoms with Gasteiger partial charge in [0, 0.05) is 6.07 Å². The first-order chi connectivity index (χ1) is 7.38. The van der Waals surface area contributed by atoms with E-state index in [0.717, 1.165) is 0 Å². The molecule has 0 aromatic heterocycles. The largest absolute Gasteiger partial charge is 0.497 e. The van der Waals surface area contributed by atoms with Crippen LogP contribution in [0.4, 0.5) is 8.78 Å². The van der Waals surface area contributed by atoms with Crippen molar-refractivity contribution in [3.05, 3.63) is 23.8 Å². The number of benzene rings is 1. The Morgan fingerprint density at radius 1 is 1.19 bits per heavy atom. The molecule has 1 aromatic carbocycles. The molecule has 0 amide bonds. The molecular formula is C10H11ClF2O3. The van der Waals surface area contributed by atoms with Crippen molar-refractivity contribution >= 4 is 11.6 Å². The summed E-state index contributed by atoms with van der Waals surface area (Å²) < 4.78 is 35.2. The van der Waals surface area contributed by atoms with Gasteiger partial charge in [-0.3, -0.25) is 0 Å². The van der Waals surface area contributed by atoms with Gasteiger partial charge in [-0.15, -0.1) is 0 Å². The van der Waals surface area contributed by atoms with Gasteiger partial charge in [-0.2, -0.15) is 8.78 Å². The summed E-state index contributed by atoms with van der Waals surface area (Å²) in [7, 11) is 2.76. The lowest BCUT2D eigenvalue weighted by Gasteiger charge is -2.17. The van der Waals surface area contributed by atoms with E-state index in [0.29, 0.717) is 11.5 Å². The summed E-state index contributed by atoms with van der Waals surface area (Å²) in [5.41, 5.74) is -0.0730. The smallest absolute Gasteiger partial charge is 0.351 e. The minimum atomic E-state index is -3.74. The molecule has 3 nitrogen and oxygen atoms in total. The summed E-state index contributed by atoms with van der Waals surface area (Å²) in [5.74, 6) is 0.601. The Bertz CT molecular complexity index is 343. The summed E-state index contributed by atoms with van der Waals surface area (Å²) in [6, 6.07) is 4.04. The van der Waals surface area contributed by atoms with Crippen LogP contribution in [0, 0.1) is 0 Å². The topological polar surface area (TPSA) is 38.7 Å². The maximum atomic E-state index is 12.7. The molecule has 0 saturated heterocycles. The molecule has 1 N–H and O–H groups in total. The third kappa shape index (κ3) is 2.96. The van der Waals surface area contributed by atoms with Gasteiger partial charge in [0.25, 0.3) is 0 Å². The number of rotatable bonds is 4. The van der Waals surface area contributed by atoms with Gasteiger partial charge in [0.05, 0.1) is 14.2 Å². The number of hydrogen-bond donors (Lipinski definition) is 1. The lowest BCUT2D eigenvalue weighted by Crippen LogP contribution is -2.18. The highest BCUT2D eigenvalue weighted by molar-refractivity contribution is 6.22. The first kappa shape index (κ1) is 13.0. The molecule has 0 aliphatic heterocycles. The van der Waals surface area contributed by atoms with Crippen molar-refractivity contribution in [3.8, 4) is 11.5 Å². The van der Waals surface area contributed by atoms with Gasteiger partial charge in [0.2, 0.25) is 0 Å². The molecule has 16 heavy (non-hydrogen) atoms. The van der Waals surface area contributed by atoms with E-state index in [2.05, 4.69) is 0 Å². The normalized spacial score (nSPS) is 13.4. The van der Waals surface area contributed by atoms with Gasteiger partial charge in [-0.1, -0.05) is 0 Å². The molecule has 0 bridgehead atoms. The van der Waals surface area contributed by atoms with Crippen molar-refractivity contribution in [1.29, 1.82) is 0 Å². The van der Waals surface area contributed by atoms with Crippen LogP contribution >= 0.6 is 11.6 Å². The molecular weight excluding hydrogens is 242 g/mol. The lowest BCUT2D eigenvalue weighted by atomic mass is 10.1. The molecule has 1 aromatic rings. The number of alkyl halides is 3. The molecule has 0 heterocycles. The second-order valence-corrected chi connectivity index (χ2v) is 3.59. The fraction of sp³-hybridized carbons (Fsp3) is 0.400. The van der Waals surface area contributed by atoms with Crippen LogP contribution in [0.15, 0.2) is 18.2 Å². The molecule has 1 unspecified atom stereocenters. The molecule has 0 saturated carbocycles. The van der Waals surface area contributed by atoms with Crippen molar-refractivity contribution in [2.24, 2.45) is 0 Å². The average molecular weight is 253 g/mol. The van der Waals surface area contributed by atoms with Gasteiger partial charge in [-0.05, 0) is 29.3 Å². The zero-order valence-electron chi connectivity index (χ0n) is 8.71. The molecule has 1 atom stereocenters. The lowest BCUT2D eigenvalue weighted by molar-refractivity contribution is -0.0426. The van der Waals surface area contributed by atoms with Crippen molar-refractivity contribution in [3.63, 3.8) is 0 Å². The third-order valence-electron chi connectivity index (χ3n) is 2.00. The quantitative estimate of drug-likeness (QED) is 0.837. The van der Waals surface area contributed by atoms with Gasteiger partial charge < -0.3 is 14.6 Å². The predicted molar refractivity (Wildman–Crippen MR) is 55.3 cm³/mol. The number of aliphatic hydroxyl groups is 1. The molecule has 0 fully saturated rings. The fourth-order valence-electron chi connectivity index (χ4n) is 1.18. The standard InChI is InChI=1S/C10H11ClF2O3/c1-15-7-3-6(4-8(5-7)16-2)9(14)10(11,12)13/h3-5,9,14H,1-2H3. The van der Waals surface area contributed by atoms with Crippen LogP contribution in [0.5, 0.6) is 11.5 Å². The Morgan fingerprint density at radius 3 is 1.94 bits per heavy atom. The van der Waals surface area contributed by atoms with E-state index in [4.69, 9.17) is 21.1 Å². The number of methoxy groups -OCH3 is 2. The number of halogens is 3. The summed E-state index contributed by atoms with van der Waals surface area (Å²) in [5, 5.41) is 5.57. The van der Waals surface area contributed by atoms with Crippen LogP contribution in [0.3, 0.4) is 0 Å².